The van der Waals surface area contributed by atoms with E-state index in [0.29, 0.717) is 33.4 Å². The fourth-order valence-electron chi connectivity index (χ4n) is 2.56. The molecule has 1 aliphatic heterocycles. The topological polar surface area (TPSA) is 75.8 Å². The number of halogens is 1. The lowest BCUT2D eigenvalue weighted by molar-refractivity contribution is -0.385. The third kappa shape index (κ3) is 4.06. The van der Waals surface area contributed by atoms with Gasteiger partial charge in [0.1, 0.15) is 5.82 Å². The minimum atomic E-state index is -0.444. The number of carbonyl (C=O) groups is 1. The highest BCUT2D eigenvalue weighted by Gasteiger charge is 2.32. The number of likely N-dealkylation sites (N-methyl/N-ethyl adjacent to an activating group) is 1. The number of rotatable bonds is 4. The van der Waals surface area contributed by atoms with E-state index in [0.717, 1.165) is 0 Å². The van der Waals surface area contributed by atoms with E-state index < -0.39 is 4.92 Å². The summed E-state index contributed by atoms with van der Waals surface area (Å²) in [6.45, 7) is 3.92. The maximum Gasteiger partial charge on any atom is 0.272 e. The molecule has 1 fully saturated rings. The lowest BCUT2D eigenvalue weighted by Crippen LogP contribution is -2.28. The smallest absolute Gasteiger partial charge is 0.272 e. The van der Waals surface area contributed by atoms with Gasteiger partial charge in [-0.1, -0.05) is 12.1 Å². The fraction of sp³-hybridized carbons (Fsp3) is 0.158. The van der Waals surface area contributed by atoms with Gasteiger partial charge in [-0.05, 0) is 61.5 Å². The average molecular weight is 385 g/mol. The van der Waals surface area contributed by atoms with Crippen LogP contribution in [-0.2, 0) is 4.79 Å². The Morgan fingerprint density at radius 3 is 2.59 bits per heavy atom. The molecule has 0 saturated carbocycles. The Bertz CT molecular complexity index is 971. The zero-order valence-corrected chi connectivity index (χ0v) is 15.5. The van der Waals surface area contributed by atoms with Gasteiger partial charge < -0.3 is 0 Å². The molecule has 0 atom stereocenters. The monoisotopic (exact) mass is 385 g/mol. The number of hydrogen-bond donors (Lipinski definition) is 0. The van der Waals surface area contributed by atoms with Gasteiger partial charge in [0.25, 0.3) is 11.6 Å². The molecule has 27 heavy (non-hydrogen) atoms. The van der Waals surface area contributed by atoms with Gasteiger partial charge in [-0.3, -0.25) is 19.8 Å². The fourth-order valence-corrected chi connectivity index (χ4v) is 3.62. The molecule has 0 radical (unpaired) electrons. The molecule has 6 nitrogen and oxygen atoms in total. The SMILES string of the molecule is CCN1C(=O)/C(=C\c2ccc(C)c([N+](=O)[O-])c2)SC1=Nc1ccc(F)cc1. The van der Waals surface area contributed by atoms with Gasteiger partial charge in [-0.15, -0.1) is 0 Å². The maximum atomic E-state index is 13.1. The Hall–Kier alpha value is -3.00. The number of benzene rings is 2. The van der Waals surface area contributed by atoms with E-state index in [4.69, 9.17) is 0 Å². The van der Waals surface area contributed by atoms with E-state index >= 15 is 0 Å². The van der Waals surface area contributed by atoms with Crippen LogP contribution in [0.25, 0.3) is 6.08 Å². The summed E-state index contributed by atoms with van der Waals surface area (Å²) in [6, 6.07) is 10.5. The number of carbonyl (C=O) groups excluding carboxylic acids is 1. The summed E-state index contributed by atoms with van der Waals surface area (Å²) in [7, 11) is 0. The molecule has 1 aliphatic rings. The summed E-state index contributed by atoms with van der Waals surface area (Å²) < 4.78 is 13.1. The van der Waals surface area contributed by atoms with Crippen molar-refractivity contribution in [1.82, 2.24) is 4.90 Å². The number of aliphatic imine (C=N–C) groups is 1. The second-order valence-electron chi connectivity index (χ2n) is 5.83. The number of nitro benzene ring substituents is 1. The van der Waals surface area contributed by atoms with E-state index in [1.165, 1.54) is 47.0 Å². The predicted molar refractivity (Wildman–Crippen MR) is 104 cm³/mol. The average Bonchev–Trinajstić information content (AvgIpc) is 2.93. The molecule has 0 aromatic heterocycles. The summed E-state index contributed by atoms with van der Waals surface area (Å²) >= 11 is 1.19. The Kier molecular flexibility index (Phi) is 5.36. The van der Waals surface area contributed by atoms with Gasteiger partial charge in [-0.25, -0.2) is 9.38 Å². The molecule has 0 bridgehead atoms. The van der Waals surface area contributed by atoms with E-state index in [1.807, 2.05) is 6.92 Å². The minimum absolute atomic E-state index is 0.00680. The number of amidine groups is 1. The molecule has 1 saturated heterocycles. The first-order valence-electron chi connectivity index (χ1n) is 8.19. The van der Waals surface area contributed by atoms with Crippen molar-refractivity contribution in [3.8, 4) is 0 Å². The number of thioether (sulfide) groups is 1. The molecule has 3 rings (SSSR count). The highest BCUT2D eigenvalue weighted by atomic mass is 32.2. The quantitative estimate of drug-likeness (QED) is 0.435. The third-order valence-corrected chi connectivity index (χ3v) is 4.99. The zero-order valence-electron chi connectivity index (χ0n) is 14.7. The number of nitro groups is 1. The molecule has 1 amide bonds. The highest BCUT2D eigenvalue weighted by Crippen LogP contribution is 2.34. The largest absolute Gasteiger partial charge is 0.287 e. The molecular weight excluding hydrogens is 369 g/mol. The Balaban J connectivity index is 1.94. The number of hydrogen-bond acceptors (Lipinski definition) is 5. The van der Waals surface area contributed by atoms with Gasteiger partial charge >= 0.3 is 0 Å². The standard InChI is InChI=1S/C19H16FN3O3S/c1-3-22-18(24)17(11-13-5-4-12(2)16(10-13)23(25)26)27-19(22)21-15-8-6-14(20)7-9-15/h4-11H,3H2,1-2H3/b17-11+,21-19?. The summed E-state index contributed by atoms with van der Waals surface area (Å²) in [5.74, 6) is -0.574. The van der Waals surface area contributed by atoms with Gasteiger partial charge in [0.2, 0.25) is 0 Å². The third-order valence-electron chi connectivity index (χ3n) is 3.98. The van der Waals surface area contributed by atoms with Crippen molar-refractivity contribution in [1.29, 1.82) is 0 Å². The van der Waals surface area contributed by atoms with Crippen LogP contribution in [-0.4, -0.2) is 27.4 Å². The van der Waals surface area contributed by atoms with E-state index in [9.17, 15) is 19.3 Å². The van der Waals surface area contributed by atoms with Gasteiger partial charge in [0, 0.05) is 18.2 Å². The van der Waals surface area contributed by atoms with Crippen LogP contribution in [0.3, 0.4) is 0 Å². The van der Waals surface area contributed by atoms with E-state index in [-0.39, 0.29) is 17.4 Å². The van der Waals surface area contributed by atoms with Gasteiger partial charge in [0.15, 0.2) is 5.17 Å². The Morgan fingerprint density at radius 2 is 1.96 bits per heavy atom. The molecule has 2 aromatic carbocycles. The van der Waals surface area contributed by atoms with Gasteiger partial charge in [-0.2, -0.15) is 0 Å². The van der Waals surface area contributed by atoms with Crippen molar-refractivity contribution in [3.63, 3.8) is 0 Å². The summed E-state index contributed by atoms with van der Waals surface area (Å²) in [5, 5.41) is 11.6. The predicted octanol–water partition coefficient (Wildman–Crippen LogP) is 4.67. The van der Waals surface area contributed by atoms with Crippen molar-refractivity contribution in [2.45, 2.75) is 13.8 Å². The van der Waals surface area contributed by atoms with Crippen molar-refractivity contribution >= 4 is 40.3 Å². The summed E-state index contributed by atoms with van der Waals surface area (Å²) in [4.78, 5) is 29.7. The molecule has 2 aromatic rings. The number of aryl methyl sites for hydroxylation is 1. The Labute approximate surface area is 159 Å². The lowest BCUT2D eigenvalue weighted by atomic mass is 10.1. The normalized spacial score (nSPS) is 17.1. The molecule has 0 unspecified atom stereocenters. The highest BCUT2D eigenvalue weighted by molar-refractivity contribution is 8.18. The second-order valence-corrected chi connectivity index (χ2v) is 6.84. The van der Waals surface area contributed by atoms with Crippen LogP contribution >= 0.6 is 11.8 Å². The number of nitrogens with zero attached hydrogens (tertiary/aromatic N) is 3. The molecule has 0 N–H and O–H groups in total. The van der Waals surface area contributed by atoms with E-state index in [1.54, 1.807) is 25.1 Å². The molecular formula is C19H16FN3O3S. The van der Waals surface area contributed by atoms with Crippen LogP contribution in [0.2, 0.25) is 0 Å². The van der Waals surface area contributed by atoms with E-state index in [2.05, 4.69) is 4.99 Å². The van der Waals surface area contributed by atoms with Crippen LogP contribution < -0.4 is 0 Å². The van der Waals surface area contributed by atoms with Crippen LogP contribution in [0.4, 0.5) is 15.8 Å². The molecule has 1 heterocycles. The molecule has 8 heteroatoms. The summed E-state index contributed by atoms with van der Waals surface area (Å²) in [6.07, 6.45) is 1.62. The van der Waals surface area contributed by atoms with Crippen LogP contribution in [0, 0.1) is 22.9 Å². The summed E-state index contributed by atoms with van der Waals surface area (Å²) in [5.41, 5.74) is 1.67. The van der Waals surface area contributed by atoms with Crippen molar-refractivity contribution < 1.29 is 14.1 Å². The molecule has 0 spiro atoms. The number of amides is 1. The second kappa shape index (κ2) is 7.71. The lowest BCUT2D eigenvalue weighted by Gasteiger charge is -2.11. The van der Waals surface area contributed by atoms with Crippen molar-refractivity contribution in [2.24, 2.45) is 4.99 Å². The maximum absolute atomic E-state index is 13.1. The zero-order chi connectivity index (χ0) is 19.6. The molecule has 0 aliphatic carbocycles. The van der Waals surface area contributed by atoms with Crippen LogP contribution in [0.1, 0.15) is 18.1 Å². The first-order chi connectivity index (χ1) is 12.9. The van der Waals surface area contributed by atoms with Gasteiger partial charge in [0.05, 0.1) is 15.5 Å². The Morgan fingerprint density at radius 1 is 1.26 bits per heavy atom. The van der Waals surface area contributed by atoms with Crippen molar-refractivity contribution in [2.75, 3.05) is 6.54 Å². The van der Waals surface area contributed by atoms with Crippen molar-refractivity contribution in [3.05, 3.63) is 74.4 Å². The molecule has 138 valence electrons. The van der Waals surface area contributed by atoms with Crippen LogP contribution in [0.5, 0.6) is 0 Å². The minimum Gasteiger partial charge on any atom is -0.287 e. The van der Waals surface area contributed by atoms with Crippen LogP contribution in [0.15, 0.2) is 52.4 Å². The first-order valence-corrected chi connectivity index (χ1v) is 9.01. The first kappa shape index (κ1) is 18.8.